The Balaban J connectivity index is 1.86. The van der Waals surface area contributed by atoms with Gasteiger partial charge in [0.2, 0.25) is 10.0 Å². The highest BCUT2D eigenvalue weighted by atomic mass is 127. The number of aryl methyl sites for hydroxylation is 2. The van der Waals surface area contributed by atoms with Crippen LogP contribution in [0.5, 0.6) is 0 Å². The molecule has 0 unspecified atom stereocenters. The van der Waals surface area contributed by atoms with Gasteiger partial charge in [0.05, 0.1) is 23.3 Å². The molecule has 0 spiro atoms. The van der Waals surface area contributed by atoms with E-state index in [-0.39, 0.29) is 22.8 Å². The zero-order chi connectivity index (χ0) is 26.6. The summed E-state index contributed by atoms with van der Waals surface area (Å²) in [5.41, 5.74) is 1.14. The van der Waals surface area contributed by atoms with Gasteiger partial charge < -0.3 is 5.32 Å². The summed E-state index contributed by atoms with van der Waals surface area (Å²) in [6.45, 7) is 1.92. The van der Waals surface area contributed by atoms with Crippen molar-refractivity contribution in [3.8, 4) is 5.69 Å². The first kappa shape index (κ1) is 25.3. The minimum atomic E-state index is -3.57. The Kier molecular flexibility index (Phi) is 6.26. The topological polar surface area (TPSA) is 124 Å². The molecule has 2 aromatic heterocycles. The Labute approximate surface area is 225 Å². The molecule has 5 rings (SSSR count). The van der Waals surface area contributed by atoms with Crippen molar-refractivity contribution in [2.75, 3.05) is 16.3 Å². The molecule has 0 aliphatic heterocycles. The smallest absolute Gasteiger partial charge is 0.337 e. The molecular weight excluding hydrogens is 609 g/mol. The van der Waals surface area contributed by atoms with Gasteiger partial charge in [-0.1, -0.05) is 6.07 Å². The SMILES string of the molecule is Cc1cc(I)ccc1Nc1cc(=O)n(C)c2c1c(=O)n(C1CC1)c(=O)n2-c1cccc(NS(C)(=O)=O)c1. The predicted molar refractivity (Wildman–Crippen MR) is 153 cm³/mol. The number of benzene rings is 2. The summed E-state index contributed by atoms with van der Waals surface area (Å²) in [6, 6.07) is 13.2. The average molecular weight is 633 g/mol. The van der Waals surface area contributed by atoms with E-state index in [9.17, 15) is 22.8 Å². The van der Waals surface area contributed by atoms with E-state index in [0.717, 1.165) is 21.1 Å². The van der Waals surface area contributed by atoms with E-state index in [1.54, 1.807) is 18.2 Å². The first-order chi connectivity index (χ1) is 17.4. The van der Waals surface area contributed by atoms with Crippen LogP contribution in [0.15, 0.2) is 62.9 Å². The summed E-state index contributed by atoms with van der Waals surface area (Å²) in [6.07, 6.45) is 2.42. The molecule has 2 aromatic carbocycles. The summed E-state index contributed by atoms with van der Waals surface area (Å²) < 4.78 is 30.9. The Bertz CT molecular complexity index is 1870. The summed E-state index contributed by atoms with van der Waals surface area (Å²) in [7, 11) is -2.07. The fourth-order valence-corrected chi connectivity index (χ4v) is 5.59. The normalized spacial score (nSPS) is 13.6. The fourth-order valence-electron chi connectivity index (χ4n) is 4.38. The monoisotopic (exact) mass is 633 g/mol. The first-order valence-electron chi connectivity index (χ1n) is 11.5. The van der Waals surface area contributed by atoms with E-state index in [0.29, 0.717) is 24.2 Å². The number of rotatable bonds is 6. The van der Waals surface area contributed by atoms with Crippen molar-refractivity contribution in [3.63, 3.8) is 0 Å². The van der Waals surface area contributed by atoms with Crippen LogP contribution in [0.2, 0.25) is 0 Å². The van der Waals surface area contributed by atoms with E-state index < -0.39 is 26.8 Å². The van der Waals surface area contributed by atoms with Crippen LogP contribution in [0.25, 0.3) is 16.7 Å². The summed E-state index contributed by atoms with van der Waals surface area (Å²) in [5.74, 6) is 0. The van der Waals surface area contributed by atoms with E-state index >= 15 is 0 Å². The molecule has 192 valence electrons. The zero-order valence-corrected chi connectivity index (χ0v) is 23.3. The maximum absolute atomic E-state index is 13.8. The van der Waals surface area contributed by atoms with Gasteiger partial charge in [-0.3, -0.25) is 23.4 Å². The van der Waals surface area contributed by atoms with Crippen LogP contribution in [0.3, 0.4) is 0 Å². The number of pyridine rings is 1. The molecule has 0 amide bonds. The molecule has 0 radical (unpaired) electrons. The number of fused-ring (bicyclic) bond motifs is 1. The van der Waals surface area contributed by atoms with Gasteiger partial charge in [0.25, 0.3) is 11.1 Å². The van der Waals surface area contributed by atoms with Crippen molar-refractivity contribution in [2.45, 2.75) is 25.8 Å². The van der Waals surface area contributed by atoms with E-state index in [1.807, 2.05) is 25.1 Å². The van der Waals surface area contributed by atoms with Gasteiger partial charge in [-0.15, -0.1) is 0 Å². The van der Waals surface area contributed by atoms with Gasteiger partial charge in [0.1, 0.15) is 11.0 Å². The van der Waals surface area contributed by atoms with Gasteiger partial charge in [-0.05, 0) is 84.3 Å². The Morgan fingerprint density at radius 1 is 1.00 bits per heavy atom. The molecule has 0 saturated heterocycles. The largest absolute Gasteiger partial charge is 0.354 e. The van der Waals surface area contributed by atoms with Crippen LogP contribution in [0.4, 0.5) is 17.1 Å². The standard InChI is InChI=1S/C25H24IN5O5S/c1-14-11-15(26)7-10-19(14)27-20-13-21(32)29(2)23-22(20)24(33)31(17-8-9-17)25(34)30(23)18-6-4-5-16(12-18)28-37(3,35)36/h4-7,10-13,17,27-28H,8-9H2,1-3H3. The van der Waals surface area contributed by atoms with Crippen molar-refractivity contribution < 1.29 is 8.42 Å². The number of hydrogen-bond acceptors (Lipinski definition) is 6. The number of nitrogens with zero attached hydrogens (tertiary/aromatic N) is 3. The molecule has 37 heavy (non-hydrogen) atoms. The lowest BCUT2D eigenvalue weighted by Gasteiger charge is -2.19. The van der Waals surface area contributed by atoms with Gasteiger partial charge in [-0.2, -0.15) is 0 Å². The van der Waals surface area contributed by atoms with Crippen LogP contribution < -0.4 is 26.8 Å². The third-order valence-electron chi connectivity index (χ3n) is 6.23. The van der Waals surface area contributed by atoms with Crippen molar-refractivity contribution in [1.29, 1.82) is 0 Å². The highest BCUT2D eigenvalue weighted by Crippen LogP contribution is 2.34. The van der Waals surface area contributed by atoms with Crippen LogP contribution in [-0.4, -0.2) is 28.4 Å². The summed E-state index contributed by atoms with van der Waals surface area (Å²) >= 11 is 2.21. The van der Waals surface area contributed by atoms with Crippen LogP contribution in [-0.2, 0) is 17.1 Å². The third-order valence-corrected chi connectivity index (χ3v) is 7.51. The number of anilines is 3. The molecular formula is C25H24IN5O5S. The Hall–Kier alpha value is -3.39. The number of sulfonamides is 1. The molecule has 0 bridgehead atoms. The number of hydrogen-bond donors (Lipinski definition) is 2. The highest BCUT2D eigenvalue weighted by Gasteiger charge is 2.31. The minimum Gasteiger partial charge on any atom is -0.354 e. The van der Waals surface area contributed by atoms with Crippen molar-refractivity contribution >= 4 is 60.7 Å². The maximum Gasteiger partial charge on any atom is 0.337 e. The molecule has 0 atom stereocenters. The lowest BCUT2D eigenvalue weighted by atomic mass is 10.1. The first-order valence-corrected chi connectivity index (χ1v) is 14.4. The molecule has 1 saturated carbocycles. The van der Waals surface area contributed by atoms with Crippen molar-refractivity contribution in [2.24, 2.45) is 7.05 Å². The molecule has 4 aromatic rings. The highest BCUT2D eigenvalue weighted by molar-refractivity contribution is 14.1. The lowest BCUT2D eigenvalue weighted by Crippen LogP contribution is -2.41. The minimum absolute atomic E-state index is 0.113. The van der Waals surface area contributed by atoms with Crippen LogP contribution >= 0.6 is 22.6 Å². The molecule has 10 nitrogen and oxygen atoms in total. The second-order valence-corrected chi connectivity index (χ2v) is 12.2. The van der Waals surface area contributed by atoms with Gasteiger partial charge in [0.15, 0.2) is 0 Å². The predicted octanol–water partition coefficient (Wildman–Crippen LogP) is 3.21. The van der Waals surface area contributed by atoms with Crippen LogP contribution in [0.1, 0.15) is 24.4 Å². The lowest BCUT2D eigenvalue weighted by molar-refractivity contribution is 0.607. The molecule has 1 fully saturated rings. The number of aromatic nitrogens is 3. The average Bonchev–Trinajstić information content (AvgIpc) is 3.63. The third kappa shape index (κ3) is 4.82. The maximum atomic E-state index is 13.8. The zero-order valence-electron chi connectivity index (χ0n) is 20.3. The van der Waals surface area contributed by atoms with E-state index in [4.69, 9.17) is 0 Å². The summed E-state index contributed by atoms with van der Waals surface area (Å²) in [5, 5.41) is 3.43. The second-order valence-electron chi connectivity index (χ2n) is 9.19. The Morgan fingerprint density at radius 3 is 2.38 bits per heavy atom. The van der Waals surface area contributed by atoms with Crippen molar-refractivity contribution in [1.82, 2.24) is 13.7 Å². The van der Waals surface area contributed by atoms with E-state index in [2.05, 4.69) is 32.6 Å². The second kappa shape index (κ2) is 9.17. The number of halogens is 1. The van der Waals surface area contributed by atoms with Gasteiger partial charge in [0, 0.05) is 28.4 Å². The fraction of sp³-hybridized carbons (Fsp3) is 0.240. The molecule has 12 heteroatoms. The Morgan fingerprint density at radius 2 is 1.73 bits per heavy atom. The molecule has 2 N–H and O–H groups in total. The molecule has 2 heterocycles. The molecule has 1 aliphatic rings. The van der Waals surface area contributed by atoms with Crippen LogP contribution in [0, 0.1) is 10.5 Å². The van der Waals surface area contributed by atoms with E-state index in [1.165, 1.54) is 32.9 Å². The van der Waals surface area contributed by atoms with Crippen molar-refractivity contribution in [3.05, 3.63) is 88.9 Å². The molecule has 1 aliphatic carbocycles. The summed E-state index contributed by atoms with van der Waals surface area (Å²) in [4.78, 5) is 40.6. The number of nitrogens with one attached hydrogen (secondary N) is 2. The van der Waals surface area contributed by atoms with Gasteiger partial charge in [-0.25, -0.2) is 17.8 Å². The quantitative estimate of drug-likeness (QED) is 0.315. The van der Waals surface area contributed by atoms with Gasteiger partial charge >= 0.3 is 5.69 Å².